The van der Waals surface area contributed by atoms with E-state index in [1.165, 1.54) is 0 Å². The first-order valence-electron chi connectivity index (χ1n) is 3.92. The van der Waals surface area contributed by atoms with Crippen LogP contribution in [-0.2, 0) is 11.3 Å². The molecule has 6 heteroatoms. The highest BCUT2D eigenvalue weighted by molar-refractivity contribution is 9.11. The van der Waals surface area contributed by atoms with E-state index in [0.717, 1.165) is 9.35 Å². The Balaban J connectivity index is 0.00000169. The van der Waals surface area contributed by atoms with Gasteiger partial charge in [0.05, 0.1) is 3.79 Å². The molecule has 0 spiro atoms. The van der Waals surface area contributed by atoms with Crippen molar-refractivity contribution in [1.82, 2.24) is 5.32 Å². The monoisotopic (exact) mass is 298 g/mol. The quantitative estimate of drug-likeness (QED) is 0.892. The summed E-state index contributed by atoms with van der Waals surface area (Å²) in [6, 6.07) is 1.99. The van der Waals surface area contributed by atoms with E-state index in [2.05, 4.69) is 21.2 Å². The van der Waals surface area contributed by atoms with Crippen LogP contribution in [0.25, 0.3) is 0 Å². The highest BCUT2D eigenvalue weighted by atomic mass is 79.9. The van der Waals surface area contributed by atoms with Gasteiger partial charge in [0.15, 0.2) is 0 Å². The van der Waals surface area contributed by atoms with Gasteiger partial charge in [-0.25, -0.2) is 0 Å². The second kappa shape index (κ2) is 7.23. The molecule has 0 aliphatic heterocycles. The zero-order valence-corrected chi connectivity index (χ0v) is 10.7. The van der Waals surface area contributed by atoms with Gasteiger partial charge in [-0.1, -0.05) is 0 Å². The van der Waals surface area contributed by atoms with Crippen molar-refractivity contribution < 1.29 is 4.79 Å². The molecule has 3 nitrogen and oxygen atoms in total. The molecule has 0 radical (unpaired) electrons. The van der Waals surface area contributed by atoms with E-state index in [4.69, 9.17) is 5.73 Å². The Labute approximate surface area is 102 Å². The van der Waals surface area contributed by atoms with Gasteiger partial charge in [-0.15, -0.1) is 23.7 Å². The first-order valence-corrected chi connectivity index (χ1v) is 5.59. The van der Waals surface area contributed by atoms with Crippen LogP contribution in [0.2, 0.25) is 0 Å². The van der Waals surface area contributed by atoms with Gasteiger partial charge in [0.1, 0.15) is 0 Å². The normalized spacial score (nSPS) is 9.29. The Kier molecular flexibility index (Phi) is 7.17. The van der Waals surface area contributed by atoms with E-state index >= 15 is 0 Å². The van der Waals surface area contributed by atoms with Gasteiger partial charge < -0.3 is 11.1 Å². The van der Waals surface area contributed by atoms with E-state index in [1.807, 2.05) is 11.4 Å². The van der Waals surface area contributed by atoms with Crippen molar-refractivity contribution in [2.75, 3.05) is 6.54 Å². The smallest absolute Gasteiger partial charge is 0.221 e. The number of halogens is 2. The van der Waals surface area contributed by atoms with Gasteiger partial charge in [-0.05, 0) is 32.9 Å². The van der Waals surface area contributed by atoms with Crippen LogP contribution in [0, 0.1) is 0 Å². The fourth-order valence-corrected chi connectivity index (χ4v) is 2.07. The molecule has 0 bridgehead atoms. The summed E-state index contributed by atoms with van der Waals surface area (Å²) in [5.74, 6) is 0.00447. The topological polar surface area (TPSA) is 55.1 Å². The Morgan fingerprint density at radius 1 is 1.64 bits per heavy atom. The van der Waals surface area contributed by atoms with E-state index in [0.29, 0.717) is 19.5 Å². The molecule has 1 amide bonds. The van der Waals surface area contributed by atoms with Crippen molar-refractivity contribution in [3.05, 3.63) is 20.8 Å². The summed E-state index contributed by atoms with van der Waals surface area (Å²) in [6.07, 6.45) is 0.394. The largest absolute Gasteiger partial charge is 0.352 e. The maximum absolute atomic E-state index is 11.0. The molecule has 0 aliphatic carbocycles. The van der Waals surface area contributed by atoms with Crippen LogP contribution < -0.4 is 11.1 Å². The number of thiophene rings is 1. The average Bonchev–Trinajstić information content (AvgIpc) is 2.49. The molecular formula is C8H12BrClN2OS. The van der Waals surface area contributed by atoms with Gasteiger partial charge in [-0.3, -0.25) is 4.79 Å². The number of nitrogens with one attached hydrogen (secondary N) is 1. The molecule has 1 aromatic rings. The van der Waals surface area contributed by atoms with E-state index in [-0.39, 0.29) is 18.3 Å². The van der Waals surface area contributed by atoms with Crippen LogP contribution >= 0.6 is 39.7 Å². The summed E-state index contributed by atoms with van der Waals surface area (Å²) in [4.78, 5) is 11.0. The van der Waals surface area contributed by atoms with Crippen molar-refractivity contribution in [2.45, 2.75) is 13.0 Å². The number of rotatable bonds is 4. The highest BCUT2D eigenvalue weighted by Gasteiger charge is 2.00. The lowest BCUT2D eigenvalue weighted by Gasteiger charge is -2.01. The fraction of sp³-hybridized carbons (Fsp3) is 0.375. The third kappa shape index (κ3) is 4.95. The third-order valence-corrected chi connectivity index (χ3v) is 3.04. The molecule has 1 heterocycles. The summed E-state index contributed by atoms with van der Waals surface area (Å²) in [5, 5.41) is 4.79. The van der Waals surface area contributed by atoms with Gasteiger partial charge >= 0.3 is 0 Å². The molecule has 0 unspecified atom stereocenters. The second-order valence-electron chi connectivity index (χ2n) is 2.57. The Morgan fingerprint density at radius 2 is 2.36 bits per heavy atom. The molecule has 0 aromatic carbocycles. The third-order valence-electron chi connectivity index (χ3n) is 1.48. The molecule has 0 saturated heterocycles. The molecule has 3 N–H and O–H groups in total. The molecule has 0 saturated carbocycles. The van der Waals surface area contributed by atoms with Crippen LogP contribution in [0.5, 0.6) is 0 Å². The van der Waals surface area contributed by atoms with Crippen LogP contribution in [0.3, 0.4) is 0 Å². The zero-order chi connectivity index (χ0) is 9.68. The second-order valence-corrected chi connectivity index (χ2v) is 4.86. The highest BCUT2D eigenvalue weighted by Crippen LogP contribution is 2.20. The zero-order valence-electron chi connectivity index (χ0n) is 7.46. The molecule has 14 heavy (non-hydrogen) atoms. The predicted octanol–water partition coefficient (Wildman–Crippen LogP) is 1.90. The van der Waals surface area contributed by atoms with Crippen molar-refractivity contribution in [3.8, 4) is 0 Å². The number of carbonyl (C=O) groups excluding carboxylic acids is 1. The van der Waals surface area contributed by atoms with Crippen molar-refractivity contribution in [2.24, 2.45) is 5.73 Å². The lowest BCUT2D eigenvalue weighted by atomic mass is 10.3. The SMILES string of the molecule is Cl.NCCC(=O)NCc1csc(Br)c1. The fourth-order valence-electron chi connectivity index (χ4n) is 0.859. The van der Waals surface area contributed by atoms with E-state index in [9.17, 15) is 4.79 Å². The number of carbonyl (C=O) groups is 1. The van der Waals surface area contributed by atoms with Crippen LogP contribution in [-0.4, -0.2) is 12.5 Å². The van der Waals surface area contributed by atoms with Crippen LogP contribution in [0.1, 0.15) is 12.0 Å². The molecular weight excluding hydrogens is 288 g/mol. The lowest BCUT2D eigenvalue weighted by molar-refractivity contribution is -0.121. The number of hydrogen-bond acceptors (Lipinski definition) is 3. The van der Waals surface area contributed by atoms with Gasteiger partial charge in [0.2, 0.25) is 5.91 Å². The predicted molar refractivity (Wildman–Crippen MR) is 64.8 cm³/mol. The van der Waals surface area contributed by atoms with Gasteiger partial charge in [-0.2, -0.15) is 0 Å². The number of amides is 1. The van der Waals surface area contributed by atoms with Crippen molar-refractivity contribution in [3.63, 3.8) is 0 Å². The first-order chi connectivity index (χ1) is 6.22. The van der Waals surface area contributed by atoms with Crippen molar-refractivity contribution >= 4 is 45.6 Å². The molecule has 1 aromatic heterocycles. The minimum atomic E-state index is 0. The first kappa shape index (κ1) is 13.9. The Bertz CT molecular complexity index is 293. The van der Waals surface area contributed by atoms with Gasteiger partial charge in [0.25, 0.3) is 0 Å². The lowest BCUT2D eigenvalue weighted by Crippen LogP contribution is -2.24. The van der Waals surface area contributed by atoms with Crippen LogP contribution in [0.15, 0.2) is 15.2 Å². The maximum Gasteiger partial charge on any atom is 0.221 e. The van der Waals surface area contributed by atoms with E-state index in [1.54, 1.807) is 11.3 Å². The Morgan fingerprint density at radius 3 is 2.86 bits per heavy atom. The molecule has 0 aliphatic rings. The summed E-state index contributed by atoms with van der Waals surface area (Å²) < 4.78 is 1.08. The summed E-state index contributed by atoms with van der Waals surface area (Å²) in [6.45, 7) is 0.986. The van der Waals surface area contributed by atoms with Gasteiger partial charge in [0, 0.05) is 19.5 Å². The van der Waals surface area contributed by atoms with Crippen LogP contribution in [0.4, 0.5) is 0 Å². The molecule has 80 valence electrons. The summed E-state index contributed by atoms with van der Waals surface area (Å²) in [5.41, 5.74) is 6.35. The van der Waals surface area contributed by atoms with Crippen molar-refractivity contribution in [1.29, 1.82) is 0 Å². The number of hydrogen-bond donors (Lipinski definition) is 2. The molecule has 1 rings (SSSR count). The molecule has 0 atom stereocenters. The average molecular weight is 300 g/mol. The summed E-state index contributed by atoms with van der Waals surface area (Å²) in [7, 11) is 0. The minimum Gasteiger partial charge on any atom is -0.352 e. The Hall–Kier alpha value is -0.100. The number of nitrogens with two attached hydrogens (primary N) is 1. The minimum absolute atomic E-state index is 0. The standard InChI is InChI=1S/C8H11BrN2OS.ClH/c9-7-3-6(5-13-7)4-11-8(12)1-2-10;/h3,5H,1-2,4,10H2,(H,11,12);1H. The maximum atomic E-state index is 11.0. The van der Waals surface area contributed by atoms with E-state index < -0.39 is 0 Å². The summed E-state index contributed by atoms with van der Waals surface area (Å²) >= 11 is 4.97. The molecule has 0 fully saturated rings.